The van der Waals surface area contributed by atoms with E-state index in [1.54, 1.807) is 6.20 Å². The summed E-state index contributed by atoms with van der Waals surface area (Å²) in [5.74, 6) is 1.00. The maximum Gasteiger partial charge on any atom is 0.236 e. The number of carbonyl (C=O) groups excluding carboxylic acids is 2. The molecule has 0 atom stereocenters. The maximum absolute atomic E-state index is 12.5. The summed E-state index contributed by atoms with van der Waals surface area (Å²) in [5.41, 5.74) is 3.44. The normalized spacial score (nSPS) is 10.6. The number of aromatic nitrogens is 4. The zero-order valence-corrected chi connectivity index (χ0v) is 19.0. The molecule has 0 saturated heterocycles. The number of carbonyl (C=O) groups is 2. The fourth-order valence-corrected chi connectivity index (χ4v) is 3.93. The predicted octanol–water partition coefficient (Wildman–Crippen LogP) is 4.33. The van der Waals surface area contributed by atoms with E-state index in [0.717, 1.165) is 16.8 Å². The van der Waals surface area contributed by atoms with E-state index in [9.17, 15) is 9.59 Å². The summed E-state index contributed by atoms with van der Waals surface area (Å²) in [6, 6.07) is 20.8. The van der Waals surface area contributed by atoms with Gasteiger partial charge in [0.05, 0.1) is 5.75 Å². The summed E-state index contributed by atoms with van der Waals surface area (Å²) >= 11 is 1.29. The van der Waals surface area contributed by atoms with Gasteiger partial charge < -0.3 is 10.6 Å². The summed E-state index contributed by atoms with van der Waals surface area (Å²) in [5, 5.41) is 14.9. The summed E-state index contributed by atoms with van der Waals surface area (Å²) in [7, 11) is 0. The van der Waals surface area contributed by atoms with Crippen molar-refractivity contribution in [1.29, 1.82) is 0 Å². The first kappa shape index (κ1) is 22.2. The topological polar surface area (TPSA) is 102 Å². The van der Waals surface area contributed by atoms with Crippen LogP contribution in [0.5, 0.6) is 0 Å². The first-order valence-corrected chi connectivity index (χ1v) is 11.2. The summed E-state index contributed by atoms with van der Waals surface area (Å²) < 4.78 is 1.91. The first-order chi connectivity index (χ1) is 16.0. The third kappa shape index (κ3) is 5.64. The zero-order valence-electron chi connectivity index (χ0n) is 18.1. The highest BCUT2D eigenvalue weighted by atomic mass is 32.2. The molecule has 0 aliphatic rings. The van der Waals surface area contributed by atoms with Gasteiger partial charge in [0.15, 0.2) is 11.0 Å². The van der Waals surface area contributed by atoms with Gasteiger partial charge in [0.25, 0.3) is 0 Å². The fourth-order valence-electron chi connectivity index (χ4n) is 3.18. The summed E-state index contributed by atoms with van der Waals surface area (Å²) in [6.45, 7) is 3.41. The number of nitrogens with one attached hydrogen (secondary N) is 2. The van der Waals surface area contributed by atoms with E-state index in [0.29, 0.717) is 22.5 Å². The van der Waals surface area contributed by atoms with E-state index < -0.39 is 0 Å². The standard InChI is InChI=1S/C24H22N6O2S/c1-16-12-13-25-21(14-16)27-22(32)15-33-24-29-28-23(30(24)20-6-4-3-5-7-20)18-8-10-19(11-9-18)26-17(2)31/h3-14H,15H2,1-2H3,(H,26,31)(H,25,27,32). The molecule has 0 bridgehead atoms. The molecule has 8 nitrogen and oxygen atoms in total. The molecule has 4 rings (SSSR count). The SMILES string of the molecule is CC(=O)Nc1ccc(-c2nnc(SCC(=O)Nc3cc(C)ccn3)n2-c2ccccc2)cc1. The molecule has 33 heavy (non-hydrogen) atoms. The van der Waals surface area contributed by atoms with Crippen molar-refractivity contribution in [2.45, 2.75) is 19.0 Å². The van der Waals surface area contributed by atoms with Crippen LogP contribution < -0.4 is 10.6 Å². The lowest BCUT2D eigenvalue weighted by atomic mass is 10.2. The molecular formula is C24H22N6O2S. The van der Waals surface area contributed by atoms with E-state index in [-0.39, 0.29) is 17.6 Å². The van der Waals surface area contributed by atoms with Crippen LogP contribution in [0.3, 0.4) is 0 Å². The number of amides is 2. The smallest absolute Gasteiger partial charge is 0.236 e. The number of anilines is 2. The second-order valence-electron chi connectivity index (χ2n) is 7.29. The largest absolute Gasteiger partial charge is 0.326 e. The molecule has 166 valence electrons. The Hall–Kier alpha value is -3.98. The highest BCUT2D eigenvalue weighted by Crippen LogP contribution is 2.28. The van der Waals surface area contributed by atoms with Crippen molar-refractivity contribution in [2.24, 2.45) is 0 Å². The van der Waals surface area contributed by atoms with Gasteiger partial charge >= 0.3 is 0 Å². The van der Waals surface area contributed by atoms with E-state index in [2.05, 4.69) is 25.8 Å². The van der Waals surface area contributed by atoms with Gasteiger partial charge in [-0.1, -0.05) is 30.0 Å². The number of thioether (sulfide) groups is 1. The summed E-state index contributed by atoms with van der Waals surface area (Å²) in [6.07, 6.45) is 1.66. The Balaban J connectivity index is 1.57. The monoisotopic (exact) mass is 458 g/mol. The molecule has 2 heterocycles. The molecule has 0 fully saturated rings. The Bertz CT molecular complexity index is 1270. The molecule has 0 aliphatic heterocycles. The molecule has 0 unspecified atom stereocenters. The van der Waals surface area contributed by atoms with Crippen LogP contribution in [0.25, 0.3) is 17.1 Å². The Morgan fingerprint density at radius 1 is 0.970 bits per heavy atom. The highest BCUT2D eigenvalue weighted by molar-refractivity contribution is 7.99. The van der Waals surface area contributed by atoms with Gasteiger partial charge in [0, 0.05) is 30.1 Å². The Labute approximate surface area is 195 Å². The minimum Gasteiger partial charge on any atom is -0.326 e. The third-order valence-corrected chi connectivity index (χ3v) is 5.56. The molecule has 4 aromatic rings. The summed E-state index contributed by atoms with van der Waals surface area (Å²) in [4.78, 5) is 27.9. The molecular weight excluding hydrogens is 436 g/mol. The molecule has 0 radical (unpaired) electrons. The van der Waals surface area contributed by atoms with Crippen LogP contribution >= 0.6 is 11.8 Å². The van der Waals surface area contributed by atoms with Gasteiger partial charge in [0.2, 0.25) is 11.8 Å². The minimum absolute atomic E-state index is 0.131. The second kappa shape index (κ2) is 10.1. The van der Waals surface area contributed by atoms with Crippen molar-refractivity contribution >= 4 is 35.1 Å². The van der Waals surface area contributed by atoms with E-state index in [4.69, 9.17) is 0 Å². The zero-order chi connectivity index (χ0) is 23.2. The van der Waals surface area contributed by atoms with Crippen molar-refractivity contribution in [3.8, 4) is 17.1 Å². The number of para-hydroxylation sites is 1. The van der Waals surface area contributed by atoms with Crippen molar-refractivity contribution in [1.82, 2.24) is 19.7 Å². The quantitative estimate of drug-likeness (QED) is 0.400. The average molecular weight is 459 g/mol. The molecule has 0 aliphatic carbocycles. The highest BCUT2D eigenvalue weighted by Gasteiger charge is 2.17. The molecule has 2 N–H and O–H groups in total. The number of rotatable bonds is 7. The lowest BCUT2D eigenvalue weighted by molar-refractivity contribution is -0.114. The Morgan fingerprint density at radius 3 is 2.42 bits per heavy atom. The van der Waals surface area contributed by atoms with Gasteiger partial charge in [-0.25, -0.2) is 4.98 Å². The van der Waals surface area contributed by atoms with Crippen molar-refractivity contribution < 1.29 is 9.59 Å². The van der Waals surface area contributed by atoms with Crippen molar-refractivity contribution in [2.75, 3.05) is 16.4 Å². The fraction of sp³-hybridized carbons (Fsp3) is 0.125. The lowest BCUT2D eigenvalue weighted by Gasteiger charge is -2.11. The molecule has 2 aromatic carbocycles. The second-order valence-corrected chi connectivity index (χ2v) is 8.23. The van der Waals surface area contributed by atoms with Crippen LogP contribution in [0, 0.1) is 6.92 Å². The number of hydrogen-bond acceptors (Lipinski definition) is 6. The first-order valence-electron chi connectivity index (χ1n) is 10.2. The van der Waals surface area contributed by atoms with Crippen LogP contribution in [0.15, 0.2) is 78.1 Å². The van der Waals surface area contributed by atoms with Gasteiger partial charge in [0.1, 0.15) is 5.82 Å². The molecule has 0 saturated carbocycles. The maximum atomic E-state index is 12.5. The van der Waals surface area contributed by atoms with Gasteiger partial charge in [-0.05, 0) is 61.0 Å². The van der Waals surface area contributed by atoms with E-state index in [1.165, 1.54) is 18.7 Å². The number of aryl methyl sites for hydroxylation is 1. The Morgan fingerprint density at radius 2 is 1.73 bits per heavy atom. The predicted molar refractivity (Wildman–Crippen MR) is 129 cm³/mol. The van der Waals surface area contributed by atoms with E-state index in [1.807, 2.05) is 78.2 Å². The van der Waals surface area contributed by atoms with Gasteiger partial charge in [-0.15, -0.1) is 10.2 Å². The number of hydrogen-bond donors (Lipinski definition) is 2. The molecule has 2 aromatic heterocycles. The van der Waals surface area contributed by atoms with Crippen LogP contribution in [0.2, 0.25) is 0 Å². The molecule has 9 heteroatoms. The number of benzene rings is 2. The van der Waals surface area contributed by atoms with Crippen LogP contribution in [-0.4, -0.2) is 37.3 Å². The molecule has 2 amide bonds. The molecule has 0 spiro atoms. The van der Waals surface area contributed by atoms with Crippen LogP contribution in [0.1, 0.15) is 12.5 Å². The average Bonchev–Trinajstić information content (AvgIpc) is 3.22. The van der Waals surface area contributed by atoms with Gasteiger partial charge in [-0.3, -0.25) is 14.2 Å². The van der Waals surface area contributed by atoms with E-state index >= 15 is 0 Å². The third-order valence-electron chi connectivity index (χ3n) is 4.63. The van der Waals surface area contributed by atoms with Crippen LogP contribution in [0.4, 0.5) is 11.5 Å². The van der Waals surface area contributed by atoms with Crippen LogP contribution in [-0.2, 0) is 9.59 Å². The Kier molecular flexibility index (Phi) is 6.80. The van der Waals surface area contributed by atoms with Gasteiger partial charge in [-0.2, -0.15) is 0 Å². The minimum atomic E-state index is -0.179. The van der Waals surface area contributed by atoms with Crippen molar-refractivity contribution in [3.05, 3.63) is 78.5 Å². The lowest BCUT2D eigenvalue weighted by Crippen LogP contribution is -2.15. The number of nitrogens with zero attached hydrogens (tertiary/aromatic N) is 4. The number of pyridine rings is 1. The van der Waals surface area contributed by atoms with Crippen molar-refractivity contribution in [3.63, 3.8) is 0 Å².